The second kappa shape index (κ2) is 4.51. The summed E-state index contributed by atoms with van der Waals surface area (Å²) in [7, 11) is 0. The molecule has 2 aromatic rings. The highest BCUT2D eigenvalue weighted by molar-refractivity contribution is 7.12. The van der Waals surface area contributed by atoms with Crippen LogP contribution in [0.15, 0.2) is 29.6 Å². The predicted octanol–water partition coefficient (Wildman–Crippen LogP) is 2.83. The maximum atomic E-state index is 12.6. The van der Waals surface area contributed by atoms with Gasteiger partial charge in [-0.05, 0) is 23.6 Å². The Morgan fingerprint density at radius 1 is 1.37 bits per heavy atom. The van der Waals surface area contributed by atoms with Crippen molar-refractivity contribution in [2.45, 2.75) is 13.5 Å². The number of carbonyl (C=O) groups is 2. The van der Waals surface area contributed by atoms with Gasteiger partial charge in [0.1, 0.15) is 12.4 Å². The van der Waals surface area contributed by atoms with Crippen molar-refractivity contribution in [3.05, 3.63) is 45.6 Å². The molecule has 0 unspecified atom stereocenters. The topological polar surface area (TPSA) is 55.4 Å². The molecule has 0 radical (unpaired) electrons. The lowest BCUT2D eigenvalue weighted by atomic mass is 10.0. The van der Waals surface area contributed by atoms with Crippen LogP contribution in [0.4, 0.5) is 5.69 Å². The second-order valence-corrected chi connectivity index (χ2v) is 5.17. The van der Waals surface area contributed by atoms with Crippen molar-refractivity contribution in [1.29, 1.82) is 0 Å². The van der Waals surface area contributed by atoms with E-state index in [-0.39, 0.29) is 11.7 Å². The van der Waals surface area contributed by atoms with E-state index in [9.17, 15) is 9.59 Å². The first kappa shape index (κ1) is 11.9. The van der Waals surface area contributed by atoms with Crippen LogP contribution in [0.2, 0.25) is 0 Å². The molecule has 19 heavy (non-hydrogen) atoms. The number of fused-ring (bicyclic) bond motifs is 2. The Hall–Kier alpha value is -2.14. The number of rotatable bonds is 1. The van der Waals surface area contributed by atoms with Crippen molar-refractivity contribution < 1.29 is 14.3 Å². The fourth-order valence-electron chi connectivity index (χ4n) is 2.10. The highest BCUT2D eigenvalue weighted by Gasteiger charge is 2.26. The third-order valence-corrected chi connectivity index (χ3v) is 3.86. The van der Waals surface area contributed by atoms with E-state index >= 15 is 0 Å². The standard InChI is InChI=1S/C14H11NO3S/c1-8(16)15-10-3-2-4-11-12(10)13(17)14-9(7-18-11)5-6-19-14/h2-6H,7H2,1H3,(H,15,16). The number of thiophene rings is 1. The van der Waals surface area contributed by atoms with Crippen LogP contribution in [0.1, 0.15) is 27.7 Å². The summed E-state index contributed by atoms with van der Waals surface area (Å²) in [6.07, 6.45) is 0. The monoisotopic (exact) mass is 273 g/mol. The fraction of sp³-hybridized carbons (Fsp3) is 0.143. The molecule has 0 atom stereocenters. The van der Waals surface area contributed by atoms with Crippen LogP contribution in [0, 0.1) is 0 Å². The molecule has 0 saturated carbocycles. The first-order valence-electron chi connectivity index (χ1n) is 5.81. The minimum Gasteiger partial charge on any atom is -0.488 e. The SMILES string of the molecule is CC(=O)Nc1cccc2c1C(=O)c1sccc1CO2. The van der Waals surface area contributed by atoms with E-state index in [2.05, 4.69) is 5.32 Å². The molecule has 0 saturated heterocycles. The molecular weight excluding hydrogens is 262 g/mol. The number of carbonyl (C=O) groups excluding carboxylic acids is 2. The Bertz CT molecular complexity index is 675. The number of nitrogens with one attached hydrogen (secondary N) is 1. The van der Waals surface area contributed by atoms with Gasteiger partial charge < -0.3 is 10.1 Å². The number of hydrogen-bond donors (Lipinski definition) is 1. The van der Waals surface area contributed by atoms with Crippen molar-refractivity contribution in [2.24, 2.45) is 0 Å². The van der Waals surface area contributed by atoms with Crippen molar-refractivity contribution >= 4 is 28.7 Å². The van der Waals surface area contributed by atoms with E-state index in [1.165, 1.54) is 18.3 Å². The Morgan fingerprint density at radius 3 is 3.00 bits per heavy atom. The van der Waals surface area contributed by atoms with E-state index in [0.717, 1.165) is 5.56 Å². The van der Waals surface area contributed by atoms with Crippen LogP contribution in [0.5, 0.6) is 5.75 Å². The quantitative estimate of drug-likeness (QED) is 0.869. The lowest BCUT2D eigenvalue weighted by molar-refractivity contribution is -0.114. The first-order valence-corrected chi connectivity index (χ1v) is 6.69. The van der Waals surface area contributed by atoms with E-state index in [1.807, 2.05) is 11.4 Å². The molecule has 5 heteroatoms. The van der Waals surface area contributed by atoms with Gasteiger partial charge in [0.25, 0.3) is 0 Å². The zero-order valence-electron chi connectivity index (χ0n) is 10.2. The van der Waals surface area contributed by atoms with Gasteiger partial charge in [0.15, 0.2) is 0 Å². The summed E-state index contributed by atoms with van der Waals surface area (Å²) in [4.78, 5) is 24.5. The summed E-state index contributed by atoms with van der Waals surface area (Å²) in [5, 5.41) is 4.55. The van der Waals surface area contributed by atoms with Gasteiger partial charge in [-0.25, -0.2) is 0 Å². The van der Waals surface area contributed by atoms with Gasteiger partial charge >= 0.3 is 0 Å². The molecule has 1 aromatic carbocycles. The van der Waals surface area contributed by atoms with Crippen LogP contribution in [0.25, 0.3) is 0 Å². The summed E-state index contributed by atoms with van der Waals surface area (Å²) in [5.41, 5.74) is 1.81. The van der Waals surface area contributed by atoms with Crippen molar-refractivity contribution in [2.75, 3.05) is 5.32 Å². The van der Waals surface area contributed by atoms with Crippen LogP contribution >= 0.6 is 11.3 Å². The van der Waals surface area contributed by atoms with Gasteiger partial charge in [-0.3, -0.25) is 9.59 Å². The number of benzene rings is 1. The van der Waals surface area contributed by atoms with Gasteiger partial charge in [-0.15, -0.1) is 11.3 Å². The smallest absolute Gasteiger partial charge is 0.221 e. The largest absolute Gasteiger partial charge is 0.488 e. The molecule has 96 valence electrons. The number of ether oxygens (including phenoxy) is 1. The Morgan fingerprint density at radius 2 is 2.21 bits per heavy atom. The molecule has 3 rings (SSSR count). The van der Waals surface area contributed by atoms with Gasteiger partial charge in [0, 0.05) is 12.5 Å². The Balaban J connectivity index is 2.17. The average molecular weight is 273 g/mol. The third-order valence-electron chi connectivity index (χ3n) is 2.90. The molecular formula is C14H11NO3S. The lowest BCUT2D eigenvalue weighted by Gasteiger charge is -2.11. The minimum absolute atomic E-state index is 0.0955. The predicted molar refractivity (Wildman–Crippen MR) is 72.8 cm³/mol. The number of hydrogen-bond acceptors (Lipinski definition) is 4. The molecule has 0 fully saturated rings. The zero-order chi connectivity index (χ0) is 13.4. The summed E-state index contributed by atoms with van der Waals surface area (Å²) in [5.74, 6) is 0.207. The molecule has 1 amide bonds. The number of amides is 1. The van der Waals surface area contributed by atoms with E-state index in [0.29, 0.717) is 28.5 Å². The van der Waals surface area contributed by atoms with Crippen LogP contribution in [-0.4, -0.2) is 11.7 Å². The van der Waals surface area contributed by atoms with Gasteiger partial charge in [0.2, 0.25) is 11.7 Å². The first-order chi connectivity index (χ1) is 9.16. The summed E-state index contributed by atoms with van der Waals surface area (Å²) in [6.45, 7) is 1.79. The number of anilines is 1. The summed E-state index contributed by atoms with van der Waals surface area (Å²) in [6, 6.07) is 7.11. The van der Waals surface area contributed by atoms with Gasteiger partial charge in [-0.1, -0.05) is 6.07 Å². The van der Waals surface area contributed by atoms with Crippen molar-refractivity contribution in [3.8, 4) is 5.75 Å². The third kappa shape index (κ3) is 2.02. The van der Waals surface area contributed by atoms with Crippen molar-refractivity contribution in [1.82, 2.24) is 0 Å². The molecule has 1 aliphatic rings. The molecule has 1 aromatic heterocycles. The van der Waals surface area contributed by atoms with Gasteiger partial charge in [0.05, 0.1) is 16.1 Å². The highest BCUT2D eigenvalue weighted by atomic mass is 32.1. The maximum Gasteiger partial charge on any atom is 0.221 e. The average Bonchev–Trinajstić information content (AvgIpc) is 2.78. The summed E-state index contributed by atoms with van der Waals surface area (Å²) >= 11 is 1.40. The molecule has 1 N–H and O–H groups in total. The molecule has 0 spiro atoms. The zero-order valence-corrected chi connectivity index (χ0v) is 11.0. The molecule has 2 heterocycles. The van der Waals surface area contributed by atoms with Crippen molar-refractivity contribution in [3.63, 3.8) is 0 Å². The molecule has 0 aliphatic carbocycles. The number of ketones is 1. The minimum atomic E-state index is -0.211. The van der Waals surface area contributed by atoms with E-state index in [4.69, 9.17) is 4.74 Å². The lowest BCUT2D eigenvalue weighted by Crippen LogP contribution is -2.11. The summed E-state index contributed by atoms with van der Waals surface area (Å²) < 4.78 is 5.66. The van der Waals surface area contributed by atoms with Gasteiger partial charge in [-0.2, -0.15) is 0 Å². The second-order valence-electron chi connectivity index (χ2n) is 4.25. The van der Waals surface area contributed by atoms with Crippen LogP contribution in [-0.2, 0) is 11.4 Å². The van der Waals surface area contributed by atoms with E-state index in [1.54, 1.807) is 18.2 Å². The van der Waals surface area contributed by atoms with Crippen LogP contribution in [0.3, 0.4) is 0 Å². The maximum absolute atomic E-state index is 12.6. The Labute approximate surface area is 114 Å². The molecule has 4 nitrogen and oxygen atoms in total. The van der Waals surface area contributed by atoms with E-state index < -0.39 is 0 Å². The van der Waals surface area contributed by atoms with Crippen LogP contribution < -0.4 is 10.1 Å². The molecule has 1 aliphatic heterocycles. The Kier molecular flexibility index (Phi) is 2.83. The normalized spacial score (nSPS) is 13.0. The molecule has 0 bridgehead atoms. The highest BCUT2D eigenvalue weighted by Crippen LogP contribution is 2.35. The fourth-order valence-corrected chi connectivity index (χ4v) is 2.95.